The van der Waals surface area contributed by atoms with Crippen LogP contribution in [0.15, 0.2) is 24.3 Å². The maximum absolute atomic E-state index is 11.3. The molecule has 1 heterocycles. The van der Waals surface area contributed by atoms with E-state index >= 15 is 0 Å². The summed E-state index contributed by atoms with van der Waals surface area (Å²) in [6, 6.07) is 7.28. The largest absolute Gasteiger partial charge is 0.477 e. The Bertz CT molecular complexity index is 609. The molecular weight excluding hydrogens is 260 g/mol. The number of carboxylic acids is 1. The van der Waals surface area contributed by atoms with Gasteiger partial charge in [-0.25, -0.2) is 9.78 Å². The van der Waals surface area contributed by atoms with Gasteiger partial charge in [-0.3, -0.25) is 0 Å². The van der Waals surface area contributed by atoms with Crippen molar-refractivity contribution in [3.63, 3.8) is 0 Å². The number of aromatic carboxylic acids is 1. The number of rotatable bonds is 2. The molecular formula is C14H16N2O2S. The molecule has 0 aliphatic rings. The fraction of sp³-hybridized carbons (Fsp3) is 0.286. The molecule has 0 radical (unpaired) electrons. The number of carbonyl (C=O) groups is 1. The minimum absolute atomic E-state index is 0.295. The lowest BCUT2D eigenvalue weighted by Crippen LogP contribution is -2.16. The molecule has 0 saturated heterocycles. The van der Waals surface area contributed by atoms with Crippen LogP contribution in [0, 0.1) is 0 Å². The van der Waals surface area contributed by atoms with Gasteiger partial charge in [0, 0.05) is 16.7 Å². The summed E-state index contributed by atoms with van der Waals surface area (Å²) < 4.78 is 0. The SMILES string of the molecule is CC(C)(C)c1nc(-c2ccc(N)cc2)sc1C(=O)O. The minimum atomic E-state index is -0.927. The van der Waals surface area contributed by atoms with E-state index in [2.05, 4.69) is 4.98 Å². The maximum Gasteiger partial charge on any atom is 0.347 e. The van der Waals surface area contributed by atoms with Gasteiger partial charge in [-0.05, 0) is 24.3 Å². The summed E-state index contributed by atoms with van der Waals surface area (Å²) in [6.07, 6.45) is 0. The first-order valence-electron chi connectivity index (χ1n) is 5.89. The van der Waals surface area contributed by atoms with Crippen molar-refractivity contribution < 1.29 is 9.90 Å². The summed E-state index contributed by atoms with van der Waals surface area (Å²) in [7, 11) is 0. The van der Waals surface area contributed by atoms with Crippen molar-refractivity contribution in [3.8, 4) is 10.6 Å². The number of anilines is 1. The Hall–Kier alpha value is -1.88. The molecule has 0 amide bonds. The lowest BCUT2D eigenvalue weighted by atomic mass is 9.91. The molecule has 0 atom stereocenters. The lowest BCUT2D eigenvalue weighted by Gasteiger charge is -2.16. The van der Waals surface area contributed by atoms with E-state index in [4.69, 9.17) is 5.73 Å². The topological polar surface area (TPSA) is 76.2 Å². The van der Waals surface area contributed by atoms with Crippen LogP contribution in [0.2, 0.25) is 0 Å². The van der Waals surface area contributed by atoms with E-state index < -0.39 is 5.97 Å². The van der Waals surface area contributed by atoms with Crippen molar-refractivity contribution in [3.05, 3.63) is 34.8 Å². The van der Waals surface area contributed by atoms with E-state index in [1.54, 1.807) is 12.1 Å². The van der Waals surface area contributed by atoms with Crippen LogP contribution in [-0.4, -0.2) is 16.1 Å². The van der Waals surface area contributed by atoms with Crippen molar-refractivity contribution in [1.29, 1.82) is 0 Å². The molecule has 3 N–H and O–H groups in total. The lowest BCUT2D eigenvalue weighted by molar-refractivity contribution is 0.0699. The first-order valence-corrected chi connectivity index (χ1v) is 6.71. The van der Waals surface area contributed by atoms with Crippen LogP contribution in [-0.2, 0) is 5.41 Å². The third-order valence-electron chi connectivity index (χ3n) is 2.69. The van der Waals surface area contributed by atoms with Gasteiger partial charge in [-0.2, -0.15) is 0 Å². The van der Waals surface area contributed by atoms with E-state index in [1.165, 1.54) is 11.3 Å². The van der Waals surface area contributed by atoms with Crippen molar-refractivity contribution in [2.45, 2.75) is 26.2 Å². The molecule has 2 rings (SSSR count). The van der Waals surface area contributed by atoms with Crippen LogP contribution < -0.4 is 5.73 Å². The Kier molecular flexibility index (Phi) is 3.32. The number of hydrogen-bond acceptors (Lipinski definition) is 4. The minimum Gasteiger partial charge on any atom is -0.477 e. The van der Waals surface area contributed by atoms with E-state index in [1.807, 2.05) is 32.9 Å². The fourth-order valence-electron chi connectivity index (χ4n) is 1.72. The van der Waals surface area contributed by atoms with Gasteiger partial charge in [0.2, 0.25) is 0 Å². The number of hydrogen-bond donors (Lipinski definition) is 2. The predicted molar refractivity (Wildman–Crippen MR) is 77.6 cm³/mol. The first kappa shape index (κ1) is 13.5. The molecule has 1 aromatic heterocycles. The molecule has 1 aromatic carbocycles. The highest BCUT2D eigenvalue weighted by Gasteiger charge is 2.27. The molecule has 5 heteroatoms. The fourth-order valence-corrected chi connectivity index (χ4v) is 2.84. The van der Waals surface area contributed by atoms with Gasteiger partial charge in [0.1, 0.15) is 9.88 Å². The van der Waals surface area contributed by atoms with E-state index in [-0.39, 0.29) is 5.41 Å². The highest BCUT2D eigenvalue weighted by atomic mass is 32.1. The Morgan fingerprint density at radius 3 is 2.26 bits per heavy atom. The second-order valence-corrected chi connectivity index (χ2v) is 6.37. The van der Waals surface area contributed by atoms with Crippen LogP contribution in [0.4, 0.5) is 5.69 Å². The molecule has 100 valence electrons. The number of nitrogen functional groups attached to an aromatic ring is 1. The smallest absolute Gasteiger partial charge is 0.347 e. The first-order chi connectivity index (χ1) is 8.79. The molecule has 4 nitrogen and oxygen atoms in total. The molecule has 0 bridgehead atoms. The summed E-state index contributed by atoms with van der Waals surface area (Å²) in [5.74, 6) is -0.927. The number of carboxylic acid groups (broad SMARTS) is 1. The number of thiazole rings is 1. The molecule has 0 unspecified atom stereocenters. The number of nitrogens with two attached hydrogens (primary N) is 1. The molecule has 19 heavy (non-hydrogen) atoms. The summed E-state index contributed by atoms with van der Waals surface area (Å²) in [5, 5.41) is 9.99. The number of benzene rings is 1. The van der Waals surface area contributed by atoms with Crippen LogP contribution >= 0.6 is 11.3 Å². The van der Waals surface area contributed by atoms with Crippen molar-refractivity contribution in [2.24, 2.45) is 0 Å². The molecule has 2 aromatic rings. The summed E-state index contributed by atoms with van der Waals surface area (Å²) >= 11 is 1.20. The Morgan fingerprint density at radius 2 is 1.84 bits per heavy atom. The zero-order valence-corrected chi connectivity index (χ0v) is 11.9. The van der Waals surface area contributed by atoms with Gasteiger partial charge in [-0.1, -0.05) is 20.8 Å². The summed E-state index contributed by atoms with van der Waals surface area (Å²) in [6.45, 7) is 5.88. The zero-order valence-electron chi connectivity index (χ0n) is 11.1. The number of nitrogens with zero attached hydrogens (tertiary/aromatic N) is 1. The van der Waals surface area contributed by atoms with Crippen molar-refractivity contribution in [1.82, 2.24) is 4.98 Å². The Balaban J connectivity index is 2.55. The predicted octanol–water partition coefficient (Wildman–Crippen LogP) is 3.39. The molecule has 0 saturated carbocycles. The summed E-state index contributed by atoms with van der Waals surface area (Å²) in [5.41, 5.74) is 7.53. The van der Waals surface area contributed by atoms with Gasteiger partial charge in [0.25, 0.3) is 0 Å². The number of aromatic nitrogens is 1. The zero-order chi connectivity index (χ0) is 14.2. The summed E-state index contributed by atoms with van der Waals surface area (Å²) in [4.78, 5) is 16.1. The van der Waals surface area contributed by atoms with Gasteiger partial charge >= 0.3 is 5.97 Å². The molecule has 0 aliphatic carbocycles. The van der Waals surface area contributed by atoms with Crippen LogP contribution in [0.3, 0.4) is 0 Å². The van der Waals surface area contributed by atoms with Gasteiger partial charge in [-0.15, -0.1) is 11.3 Å². The third kappa shape index (κ3) is 2.76. The average molecular weight is 276 g/mol. The van der Waals surface area contributed by atoms with Crippen molar-refractivity contribution >= 4 is 23.0 Å². The van der Waals surface area contributed by atoms with E-state index in [9.17, 15) is 9.90 Å². The van der Waals surface area contributed by atoms with Gasteiger partial charge in [0.15, 0.2) is 0 Å². The second kappa shape index (κ2) is 4.66. The highest BCUT2D eigenvalue weighted by molar-refractivity contribution is 7.17. The molecule has 0 spiro atoms. The van der Waals surface area contributed by atoms with Gasteiger partial charge in [0.05, 0.1) is 5.69 Å². The van der Waals surface area contributed by atoms with Crippen LogP contribution in [0.1, 0.15) is 36.1 Å². The quantitative estimate of drug-likeness (QED) is 0.824. The monoisotopic (exact) mass is 276 g/mol. The van der Waals surface area contributed by atoms with Crippen LogP contribution in [0.25, 0.3) is 10.6 Å². The van der Waals surface area contributed by atoms with Crippen molar-refractivity contribution in [2.75, 3.05) is 5.73 Å². The van der Waals surface area contributed by atoms with Gasteiger partial charge < -0.3 is 10.8 Å². The second-order valence-electron chi connectivity index (χ2n) is 5.37. The maximum atomic E-state index is 11.3. The molecule has 0 aliphatic heterocycles. The van der Waals surface area contributed by atoms with Crippen LogP contribution in [0.5, 0.6) is 0 Å². The van der Waals surface area contributed by atoms with E-state index in [0.717, 1.165) is 5.56 Å². The third-order valence-corrected chi connectivity index (χ3v) is 3.78. The standard InChI is InChI=1S/C14H16N2O2S/c1-14(2,3)11-10(13(17)18)19-12(16-11)8-4-6-9(15)7-5-8/h4-7H,15H2,1-3H3,(H,17,18). The molecule has 0 fully saturated rings. The van der Waals surface area contributed by atoms with E-state index in [0.29, 0.717) is 21.3 Å². The normalized spacial score (nSPS) is 11.5. The Morgan fingerprint density at radius 1 is 1.26 bits per heavy atom. The highest BCUT2D eigenvalue weighted by Crippen LogP contribution is 2.34. The average Bonchev–Trinajstić information content (AvgIpc) is 2.74. The Labute approximate surface area is 115 Å².